The van der Waals surface area contributed by atoms with Crippen LogP contribution in [0.5, 0.6) is 0 Å². The largest absolute Gasteiger partial charge is 0.378 e. The van der Waals surface area contributed by atoms with Crippen LogP contribution in [0.15, 0.2) is 60.9 Å². The number of nitrogens with one attached hydrogen (secondary N) is 3. The van der Waals surface area contributed by atoms with Crippen LogP contribution in [0.25, 0.3) is 5.69 Å². The van der Waals surface area contributed by atoms with Crippen LogP contribution in [0.1, 0.15) is 20.9 Å². The van der Waals surface area contributed by atoms with Gasteiger partial charge in [0.15, 0.2) is 3.95 Å². The smallest absolute Gasteiger partial charge is 0.255 e. The number of hydrogen-bond donors (Lipinski definition) is 3. The van der Waals surface area contributed by atoms with Gasteiger partial charge in [0.25, 0.3) is 5.91 Å². The molecule has 0 saturated carbocycles. The van der Waals surface area contributed by atoms with Crippen molar-refractivity contribution in [3.63, 3.8) is 0 Å². The number of morpholine rings is 1. The lowest BCUT2D eigenvalue weighted by molar-refractivity contribution is -0.115. The lowest BCUT2D eigenvalue weighted by Gasteiger charge is -2.28. The Hall–Kier alpha value is -3.80. The first-order valence-corrected chi connectivity index (χ1v) is 13.0. The van der Waals surface area contributed by atoms with Crippen molar-refractivity contribution in [2.24, 2.45) is 0 Å². The Morgan fingerprint density at radius 1 is 1.08 bits per heavy atom. The average Bonchev–Trinajstić information content (AvgIpc) is 3.50. The van der Waals surface area contributed by atoms with Gasteiger partial charge in [0, 0.05) is 40.6 Å². The molecule has 1 fully saturated rings. The maximum atomic E-state index is 12.9. The molecule has 2 aromatic heterocycles. The second-order valence-electron chi connectivity index (χ2n) is 8.61. The lowest BCUT2D eigenvalue weighted by atomic mass is 10.1. The standard InChI is InChI=1S/C26H26N6O3S2/c1-17-23(37-26(36)28-17)14-24(33)29-20-15-27-32(16-20)22-4-2-3-18(13-22)25(34)30-19-5-7-21(8-6-19)31-9-11-35-12-10-31/h2-8,13,15-16H,9-12,14H2,1H3,(H,28,36)(H,29,33)(H,30,34). The van der Waals surface area contributed by atoms with E-state index in [-0.39, 0.29) is 18.2 Å². The molecule has 0 spiro atoms. The van der Waals surface area contributed by atoms with E-state index in [0.29, 0.717) is 20.9 Å². The first-order valence-electron chi connectivity index (χ1n) is 11.8. The number of rotatable bonds is 7. The fraction of sp³-hybridized carbons (Fsp3) is 0.231. The highest BCUT2D eigenvalue weighted by Gasteiger charge is 2.13. The van der Waals surface area contributed by atoms with Crippen molar-refractivity contribution in [3.05, 3.63) is 81.0 Å². The molecule has 0 unspecified atom stereocenters. The van der Waals surface area contributed by atoms with Crippen LogP contribution in [-0.4, -0.2) is 52.9 Å². The van der Waals surface area contributed by atoms with Crippen molar-refractivity contribution >= 4 is 52.4 Å². The van der Waals surface area contributed by atoms with Gasteiger partial charge in [0.1, 0.15) is 0 Å². The van der Waals surface area contributed by atoms with Crippen molar-refractivity contribution in [2.75, 3.05) is 41.8 Å². The normalized spacial score (nSPS) is 13.4. The van der Waals surface area contributed by atoms with E-state index < -0.39 is 0 Å². The minimum atomic E-state index is -0.217. The monoisotopic (exact) mass is 534 g/mol. The van der Waals surface area contributed by atoms with Gasteiger partial charge < -0.3 is 25.3 Å². The van der Waals surface area contributed by atoms with Crippen LogP contribution >= 0.6 is 23.6 Å². The van der Waals surface area contributed by atoms with Crippen LogP contribution in [-0.2, 0) is 16.0 Å². The maximum absolute atomic E-state index is 12.9. The minimum Gasteiger partial charge on any atom is -0.378 e. The number of H-pyrrole nitrogens is 1. The zero-order valence-electron chi connectivity index (χ0n) is 20.2. The van der Waals surface area contributed by atoms with E-state index in [0.717, 1.165) is 48.2 Å². The van der Waals surface area contributed by atoms with E-state index in [1.54, 1.807) is 35.3 Å². The Balaban J connectivity index is 1.21. The predicted octanol–water partition coefficient (Wildman–Crippen LogP) is 4.57. The Bertz CT molecular complexity index is 1470. The summed E-state index contributed by atoms with van der Waals surface area (Å²) in [6.45, 7) is 5.07. The fourth-order valence-electron chi connectivity index (χ4n) is 4.06. The number of aryl methyl sites for hydroxylation is 1. The molecule has 5 rings (SSSR count). The van der Waals surface area contributed by atoms with E-state index in [2.05, 4.69) is 25.6 Å². The Morgan fingerprint density at radius 2 is 1.86 bits per heavy atom. The van der Waals surface area contributed by atoms with E-state index in [1.165, 1.54) is 11.3 Å². The van der Waals surface area contributed by atoms with E-state index in [4.69, 9.17) is 17.0 Å². The van der Waals surface area contributed by atoms with Gasteiger partial charge in [0.2, 0.25) is 5.91 Å². The summed E-state index contributed by atoms with van der Waals surface area (Å²) >= 11 is 6.54. The molecule has 3 heterocycles. The third-order valence-electron chi connectivity index (χ3n) is 5.99. The summed E-state index contributed by atoms with van der Waals surface area (Å²) in [6, 6.07) is 15.0. The van der Waals surface area contributed by atoms with Gasteiger partial charge in [-0.1, -0.05) is 6.07 Å². The van der Waals surface area contributed by atoms with Gasteiger partial charge in [0.05, 0.1) is 43.4 Å². The highest BCUT2D eigenvalue weighted by atomic mass is 32.1. The summed E-state index contributed by atoms with van der Waals surface area (Å²) in [5.41, 5.74) is 4.51. The number of nitrogens with zero attached hydrogens (tertiary/aromatic N) is 3. The first kappa shape index (κ1) is 24.9. The number of carbonyl (C=O) groups excluding carboxylic acids is 2. The van der Waals surface area contributed by atoms with Gasteiger partial charge in [-0.2, -0.15) is 5.10 Å². The second kappa shape index (κ2) is 11.1. The third-order valence-corrected chi connectivity index (χ3v) is 7.32. The number of aromatic nitrogens is 3. The van der Waals surface area contributed by atoms with Crippen molar-refractivity contribution in [3.8, 4) is 5.69 Å². The minimum absolute atomic E-state index is 0.152. The quantitative estimate of drug-likeness (QED) is 0.300. The van der Waals surface area contributed by atoms with Crippen LogP contribution in [0.2, 0.25) is 0 Å². The third kappa shape index (κ3) is 6.13. The number of thiazole rings is 1. The van der Waals surface area contributed by atoms with Crippen molar-refractivity contribution in [1.82, 2.24) is 14.8 Å². The maximum Gasteiger partial charge on any atom is 0.255 e. The zero-order valence-corrected chi connectivity index (χ0v) is 21.8. The van der Waals surface area contributed by atoms with Crippen molar-refractivity contribution < 1.29 is 14.3 Å². The summed E-state index contributed by atoms with van der Waals surface area (Å²) in [6.07, 6.45) is 3.52. The number of benzene rings is 2. The van der Waals surface area contributed by atoms with E-state index in [9.17, 15) is 9.59 Å². The summed E-state index contributed by atoms with van der Waals surface area (Å²) < 4.78 is 7.68. The predicted molar refractivity (Wildman–Crippen MR) is 148 cm³/mol. The van der Waals surface area contributed by atoms with Gasteiger partial charge in [-0.05, 0) is 61.6 Å². The summed E-state index contributed by atoms with van der Waals surface area (Å²) in [5, 5.41) is 10.2. The molecule has 37 heavy (non-hydrogen) atoms. The number of aromatic amines is 1. The topological polar surface area (TPSA) is 104 Å². The van der Waals surface area contributed by atoms with Gasteiger partial charge in [-0.25, -0.2) is 4.68 Å². The first-order chi connectivity index (χ1) is 17.9. The highest BCUT2D eigenvalue weighted by Crippen LogP contribution is 2.21. The lowest BCUT2D eigenvalue weighted by Crippen LogP contribution is -2.36. The molecule has 1 aliphatic rings. The molecule has 2 aromatic carbocycles. The molecular weight excluding hydrogens is 508 g/mol. The number of anilines is 3. The van der Waals surface area contributed by atoms with Gasteiger partial charge in [-0.15, -0.1) is 11.3 Å². The van der Waals surface area contributed by atoms with Crippen molar-refractivity contribution in [2.45, 2.75) is 13.3 Å². The molecule has 190 valence electrons. The summed E-state index contributed by atoms with van der Waals surface area (Å²) in [5.74, 6) is -0.369. The molecular formula is C26H26N6O3S2. The van der Waals surface area contributed by atoms with Crippen LogP contribution < -0.4 is 15.5 Å². The molecule has 9 nitrogen and oxygen atoms in total. The van der Waals surface area contributed by atoms with E-state index >= 15 is 0 Å². The average molecular weight is 535 g/mol. The van der Waals surface area contributed by atoms with Crippen LogP contribution in [0.4, 0.5) is 17.1 Å². The fourth-order valence-corrected chi connectivity index (χ4v) is 5.35. The SMILES string of the molecule is Cc1[nH]c(=S)sc1CC(=O)Nc1cnn(-c2cccc(C(=O)Nc3ccc(N4CCOCC4)cc3)c2)c1. The molecule has 11 heteroatoms. The zero-order chi connectivity index (χ0) is 25.8. The molecule has 0 atom stereocenters. The van der Waals surface area contributed by atoms with Gasteiger partial charge in [-0.3, -0.25) is 9.59 Å². The van der Waals surface area contributed by atoms with Crippen LogP contribution in [0.3, 0.4) is 0 Å². The summed E-state index contributed by atoms with van der Waals surface area (Å²) in [4.78, 5) is 31.6. The molecule has 4 aromatic rings. The number of hydrogen-bond acceptors (Lipinski definition) is 7. The Kier molecular flexibility index (Phi) is 7.45. The molecule has 3 N–H and O–H groups in total. The number of ether oxygens (including phenoxy) is 1. The molecule has 2 amide bonds. The van der Waals surface area contributed by atoms with Crippen LogP contribution in [0, 0.1) is 10.9 Å². The number of amides is 2. The molecule has 0 radical (unpaired) electrons. The van der Waals surface area contributed by atoms with Crippen molar-refractivity contribution in [1.29, 1.82) is 0 Å². The van der Waals surface area contributed by atoms with E-state index in [1.807, 2.05) is 37.3 Å². The molecule has 0 bridgehead atoms. The molecule has 0 aliphatic carbocycles. The molecule has 1 aliphatic heterocycles. The van der Waals surface area contributed by atoms with Gasteiger partial charge >= 0.3 is 0 Å². The molecule has 1 saturated heterocycles. The second-order valence-corrected chi connectivity index (χ2v) is 10.4. The Morgan fingerprint density at radius 3 is 2.59 bits per heavy atom. The number of carbonyl (C=O) groups is 2. The Labute approximate surface area is 223 Å². The summed E-state index contributed by atoms with van der Waals surface area (Å²) in [7, 11) is 0. The highest BCUT2D eigenvalue weighted by molar-refractivity contribution is 7.73.